The largest absolute Gasteiger partial charge is 0.361 e. The Hall–Kier alpha value is -3.58. The maximum absolute atomic E-state index is 14.5. The van der Waals surface area contributed by atoms with Crippen molar-refractivity contribution in [2.24, 2.45) is 0 Å². The number of benzene rings is 1. The molecule has 1 aliphatic carbocycles. The summed E-state index contributed by atoms with van der Waals surface area (Å²) in [6.45, 7) is 10.9. The van der Waals surface area contributed by atoms with Crippen molar-refractivity contribution in [3.8, 4) is 11.1 Å². The first-order valence-corrected chi connectivity index (χ1v) is 11.9. The van der Waals surface area contributed by atoms with Crippen LogP contribution in [0.1, 0.15) is 49.8 Å². The number of carbonyl (C=O) groups is 1. The summed E-state index contributed by atoms with van der Waals surface area (Å²) in [5, 5.41) is -0.220. The first kappa shape index (κ1) is 22.6. The summed E-state index contributed by atoms with van der Waals surface area (Å²) >= 11 is 0. The number of imidazole rings is 1. The number of aromatic nitrogens is 3. The SMILES string of the molecule is [C-]#[N+]c1cc(-c2cc(F)cc(C(C)C)c2CC(=O)NS(=O)(=O)c2cn(C3CC3)cn2)ccn1. The van der Waals surface area contributed by atoms with E-state index in [9.17, 15) is 17.6 Å². The normalized spacial score (nSPS) is 13.7. The molecule has 0 radical (unpaired) electrons. The van der Waals surface area contributed by atoms with Gasteiger partial charge in [-0.2, -0.15) is 8.42 Å². The molecule has 0 bridgehead atoms. The molecule has 0 unspecified atom stereocenters. The second-order valence-electron chi connectivity index (χ2n) is 8.29. The van der Waals surface area contributed by atoms with Gasteiger partial charge in [-0.15, -0.1) is 4.98 Å². The summed E-state index contributed by atoms with van der Waals surface area (Å²) in [5.74, 6) is -1.25. The highest BCUT2D eigenvalue weighted by atomic mass is 32.2. The first-order chi connectivity index (χ1) is 15.7. The van der Waals surface area contributed by atoms with Gasteiger partial charge in [0, 0.05) is 12.2 Å². The van der Waals surface area contributed by atoms with E-state index in [0.29, 0.717) is 22.3 Å². The molecule has 0 atom stereocenters. The number of rotatable bonds is 7. The van der Waals surface area contributed by atoms with Crippen LogP contribution in [0.2, 0.25) is 0 Å². The van der Waals surface area contributed by atoms with E-state index >= 15 is 0 Å². The number of nitrogens with one attached hydrogen (secondary N) is 1. The molecule has 1 saturated carbocycles. The van der Waals surface area contributed by atoms with Crippen LogP contribution >= 0.6 is 0 Å². The standard InChI is InChI=1S/C23H22FN5O3S/c1-14(2)18-9-16(24)10-19(15-6-7-26-21(8-15)25-3)20(18)11-22(30)28-33(31,32)23-12-29(13-27-23)17-4-5-17/h6-10,12-14,17H,4-5,11H2,1-2H3,(H,28,30). The fourth-order valence-electron chi connectivity index (χ4n) is 3.70. The molecule has 8 nitrogen and oxygen atoms in total. The second-order valence-corrected chi connectivity index (χ2v) is 9.92. The van der Waals surface area contributed by atoms with Gasteiger partial charge >= 0.3 is 0 Å². The van der Waals surface area contributed by atoms with Gasteiger partial charge in [-0.25, -0.2) is 14.1 Å². The van der Waals surface area contributed by atoms with Crippen LogP contribution in [-0.2, 0) is 21.2 Å². The number of halogens is 1. The molecule has 0 aliphatic heterocycles. The van der Waals surface area contributed by atoms with Crippen LogP contribution in [0.3, 0.4) is 0 Å². The summed E-state index contributed by atoms with van der Waals surface area (Å²) < 4.78 is 43.6. The van der Waals surface area contributed by atoms with E-state index in [1.807, 2.05) is 13.8 Å². The third kappa shape index (κ3) is 4.93. The average molecular weight is 468 g/mol. The van der Waals surface area contributed by atoms with Crippen molar-refractivity contribution in [3.63, 3.8) is 0 Å². The number of pyridine rings is 1. The lowest BCUT2D eigenvalue weighted by Crippen LogP contribution is -2.32. The Bertz CT molecular complexity index is 1370. The Kier molecular flexibility index (Phi) is 5.99. The van der Waals surface area contributed by atoms with Crippen molar-refractivity contribution in [1.29, 1.82) is 0 Å². The van der Waals surface area contributed by atoms with Gasteiger partial charge in [0.15, 0.2) is 5.03 Å². The highest BCUT2D eigenvalue weighted by Gasteiger charge is 2.27. The van der Waals surface area contributed by atoms with Crippen molar-refractivity contribution in [2.45, 2.75) is 50.1 Å². The molecule has 0 saturated heterocycles. The summed E-state index contributed by atoms with van der Waals surface area (Å²) in [6.07, 6.45) is 5.95. The minimum Gasteiger partial charge on any atom is -0.361 e. The molecule has 10 heteroatoms. The monoisotopic (exact) mass is 467 g/mol. The second kappa shape index (κ2) is 8.75. The lowest BCUT2D eigenvalue weighted by Gasteiger charge is -2.18. The first-order valence-electron chi connectivity index (χ1n) is 10.4. The Morgan fingerprint density at radius 2 is 2.06 bits per heavy atom. The quantitative estimate of drug-likeness (QED) is 0.527. The van der Waals surface area contributed by atoms with E-state index in [1.54, 1.807) is 10.6 Å². The van der Waals surface area contributed by atoms with Gasteiger partial charge in [0.1, 0.15) is 12.0 Å². The van der Waals surface area contributed by atoms with Crippen LogP contribution in [0.15, 0.2) is 48.0 Å². The molecule has 33 heavy (non-hydrogen) atoms. The van der Waals surface area contributed by atoms with Crippen LogP contribution in [0.5, 0.6) is 0 Å². The minimum atomic E-state index is -4.15. The zero-order valence-electron chi connectivity index (χ0n) is 18.1. The topological polar surface area (TPSA) is 98.3 Å². The average Bonchev–Trinajstić information content (AvgIpc) is 3.49. The van der Waals surface area contributed by atoms with Gasteiger partial charge in [0.25, 0.3) is 15.8 Å². The van der Waals surface area contributed by atoms with Crippen LogP contribution in [0, 0.1) is 12.4 Å². The zero-order valence-corrected chi connectivity index (χ0v) is 18.9. The summed E-state index contributed by atoms with van der Waals surface area (Å²) in [5.41, 5.74) is 2.00. The summed E-state index contributed by atoms with van der Waals surface area (Å²) in [7, 11) is -4.15. The fraction of sp³-hybridized carbons (Fsp3) is 0.304. The molecule has 1 fully saturated rings. The molecular weight excluding hydrogens is 445 g/mol. The number of nitrogens with zero attached hydrogens (tertiary/aromatic N) is 4. The van der Waals surface area contributed by atoms with Gasteiger partial charge in [-0.1, -0.05) is 20.4 Å². The minimum absolute atomic E-state index is 0.129. The van der Waals surface area contributed by atoms with E-state index < -0.39 is 21.7 Å². The van der Waals surface area contributed by atoms with E-state index in [0.717, 1.165) is 12.8 Å². The molecule has 2 aromatic heterocycles. The zero-order chi connectivity index (χ0) is 23.8. The summed E-state index contributed by atoms with van der Waals surface area (Å²) in [4.78, 5) is 24.0. The van der Waals surface area contributed by atoms with E-state index in [1.165, 1.54) is 36.9 Å². The van der Waals surface area contributed by atoms with Gasteiger partial charge < -0.3 is 9.41 Å². The number of hydrogen-bond donors (Lipinski definition) is 1. The number of hydrogen-bond acceptors (Lipinski definition) is 5. The molecule has 170 valence electrons. The van der Waals surface area contributed by atoms with Crippen LogP contribution < -0.4 is 4.72 Å². The van der Waals surface area contributed by atoms with Gasteiger partial charge in [-0.05, 0) is 65.3 Å². The number of sulfonamides is 1. The lowest BCUT2D eigenvalue weighted by molar-refractivity contribution is -0.118. The number of amides is 1. The molecule has 1 aromatic carbocycles. The predicted molar refractivity (Wildman–Crippen MR) is 120 cm³/mol. The maximum Gasteiger partial charge on any atom is 0.283 e. The van der Waals surface area contributed by atoms with E-state index in [4.69, 9.17) is 6.57 Å². The van der Waals surface area contributed by atoms with Gasteiger partial charge in [0.2, 0.25) is 5.91 Å². The maximum atomic E-state index is 14.5. The molecule has 2 heterocycles. The van der Waals surface area contributed by atoms with Gasteiger partial charge in [-0.3, -0.25) is 4.79 Å². The van der Waals surface area contributed by atoms with Crippen molar-refractivity contribution >= 4 is 21.7 Å². The van der Waals surface area contributed by atoms with Crippen molar-refractivity contribution in [1.82, 2.24) is 19.3 Å². The molecule has 1 aliphatic rings. The number of carbonyl (C=O) groups excluding carboxylic acids is 1. The van der Waals surface area contributed by atoms with Crippen LogP contribution in [0.4, 0.5) is 10.2 Å². The van der Waals surface area contributed by atoms with Crippen molar-refractivity contribution in [3.05, 3.63) is 71.3 Å². The predicted octanol–water partition coefficient (Wildman–Crippen LogP) is 4.14. The molecular formula is C23H22FN5O3S. The Morgan fingerprint density at radius 1 is 1.30 bits per heavy atom. The molecule has 3 aromatic rings. The lowest BCUT2D eigenvalue weighted by atomic mass is 9.88. The smallest absolute Gasteiger partial charge is 0.283 e. The van der Waals surface area contributed by atoms with Crippen LogP contribution in [-0.4, -0.2) is 28.9 Å². The van der Waals surface area contributed by atoms with E-state index in [2.05, 4.69) is 19.5 Å². The fourth-order valence-corrected chi connectivity index (χ4v) is 4.63. The summed E-state index contributed by atoms with van der Waals surface area (Å²) in [6, 6.07) is 6.02. The highest BCUT2D eigenvalue weighted by molar-refractivity contribution is 7.90. The molecule has 0 spiro atoms. The Balaban J connectivity index is 1.67. The Morgan fingerprint density at radius 3 is 2.73 bits per heavy atom. The molecule has 1 N–H and O–H groups in total. The van der Waals surface area contributed by atoms with Crippen molar-refractivity contribution in [2.75, 3.05) is 0 Å². The highest BCUT2D eigenvalue weighted by Crippen LogP contribution is 2.35. The third-order valence-electron chi connectivity index (χ3n) is 5.45. The van der Waals surface area contributed by atoms with E-state index in [-0.39, 0.29) is 29.2 Å². The van der Waals surface area contributed by atoms with Crippen molar-refractivity contribution < 1.29 is 17.6 Å². The molecule has 1 amide bonds. The Labute approximate surface area is 191 Å². The third-order valence-corrected chi connectivity index (χ3v) is 6.71. The van der Waals surface area contributed by atoms with Crippen LogP contribution in [0.25, 0.3) is 16.0 Å². The van der Waals surface area contributed by atoms with Gasteiger partial charge in [0.05, 0.1) is 12.7 Å². The molecule has 4 rings (SSSR count).